The molecule has 20 heavy (non-hydrogen) atoms. The molecule has 0 aliphatic carbocycles. The van der Waals surface area contributed by atoms with Crippen LogP contribution in [0.4, 0.5) is 0 Å². The Morgan fingerprint density at radius 3 is 2.00 bits per heavy atom. The number of rotatable bonds is 12. The van der Waals surface area contributed by atoms with Gasteiger partial charge in [0.15, 0.2) is 0 Å². The fourth-order valence-corrected chi connectivity index (χ4v) is 2.55. The van der Waals surface area contributed by atoms with Gasteiger partial charge in [-0.2, -0.15) is 0 Å². The van der Waals surface area contributed by atoms with E-state index in [-0.39, 0.29) is 57.5 Å². The Labute approximate surface area is 167 Å². The first-order chi connectivity index (χ1) is 8.88. The molecule has 0 saturated heterocycles. The quantitative estimate of drug-likeness (QED) is 0.315. The Morgan fingerprint density at radius 1 is 0.950 bits per heavy atom. The third-order valence-electron chi connectivity index (χ3n) is 3.53. The van der Waals surface area contributed by atoms with Gasteiger partial charge in [-0.3, -0.25) is 0 Å². The minimum Gasteiger partial charge on any atom is -0.748 e. The standard InChI is InChI=1S/C14H30O4S.K/c1-3-4-5-6-7-8-11-14(15)12-9-10-13(2)19(16,17)18;/h13-15H,3-12H2,1-2H3,(H,16,17,18);/q;+1/p-1. The summed E-state index contributed by atoms with van der Waals surface area (Å²) in [5.74, 6) is 0. The van der Waals surface area contributed by atoms with Gasteiger partial charge in [0.25, 0.3) is 0 Å². The van der Waals surface area contributed by atoms with Gasteiger partial charge in [0.05, 0.1) is 16.2 Å². The van der Waals surface area contributed by atoms with Crippen LogP contribution in [0.3, 0.4) is 0 Å². The second-order valence-electron chi connectivity index (χ2n) is 5.44. The van der Waals surface area contributed by atoms with E-state index in [9.17, 15) is 18.1 Å². The van der Waals surface area contributed by atoms with Gasteiger partial charge in [0.2, 0.25) is 0 Å². The van der Waals surface area contributed by atoms with Crippen LogP contribution in [0.1, 0.15) is 78.1 Å². The van der Waals surface area contributed by atoms with E-state index in [0.29, 0.717) is 19.3 Å². The van der Waals surface area contributed by atoms with E-state index in [0.717, 1.165) is 19.3 Å². The van der Waals surface area contributed by atoms with E-state index in [4.69, 9.17) is 0 Å². The molecule has 0 rings (SSSR count). The molecular weight excluding hydrogens is 303 g/mol. The van der Waals surface area contributed by atoms with Crippen molar-refractivity contribution in [2.75, 3.05) is 0 Å². The Hall–Kier alpha value is 1.51. The first kappa shape index (κ1) is 23.8. The minimum absolute atomic E-state index is 0. The van der Waals surface area contributed by atoms with Crippen LogP contribution >= 0.6 is 0 Å². The van der Waals surface area contributed by atoms with Crippen molar-refractivity contribution in [1.82, 2.24) is 0 Å². The first-order valence-corrected chi connectivity index (χ1v) is 8.97. The summed E-state index contributed by atoms with van der Waals surface area (Å²) in [6.45, 7) is 3.62. The first-order valence-electron chi connectivity index (χ1n) is 7.50. The molecule has 1 N–H and O–H groups in total. The predicted molar refractivity (Wildman–Crippen MR) is 77.0 cm³/mol. The van der Waals surface area contributed by atoms with Crippen LogP contribution in [0.25, 0.3) is 0 Å². The summed E-state index contributed by atoms with van der Waals surface area (Å²) in [6, 6.07) is 0. The van der Waals surface area contributed by atoms with Crippen molar-refractivity contribution in [1.29, 1.82) is 0 Å². The molecule has 0 bridgehead atoms. The summed E-state index contributed by atoms with van der Waals surface area (Å²) in [6.07, 6.45) is 9.17. The van der Waals surface area contributed by atoms with Crippen LogP contribution in [0, 0.1) is 0 Å². The number of hydrogen-bond acceptors (Lipinski definition) is 4. The van der Waals surface area contributed by atoms with Gasteiger partial charge in [-0.1, -0.05) is 45.4 Å². The maximum absolute atomic E-state index is 10.7. The zero-order chi connectivity index (χ0) is 14.7. The van der Waals surface area contributed by atoms with Gasteiger partial charge < -0.3 is 9.66 Å². The molecule has 2 unspecified atom stereocenters. The number of hydrogen-bond donors (Lipinski definition) is 1. The van der Waals surface area contributed by atoms with Crippen molar-refractivity contribution < 1.29 is 69.5 Å². The van der Waals surface area contributed by atoms with E-state index in [1.807, 2.05) is 0 Å². The molecule has 0 saturated carbocycles. The molecule has 0 spiro atoms. The van der Waals surface area contributed by atoms with E-state index in [1.54, 1.807) is 0 Å². The van der Waals surface area contributed by atoms with Gasteiger partial charge in [-0.15, -0.1) is 0 Å². The summed E-state index contributed by atoms with van der Waals surface area (Å²) in [7, 11) is -4.16. The maximum Gasteiger partial charge on any atom is 1.00 e. The fourth-order valence-electron chi connectivity index (χ4n) is 2.09. The number of unbranched alkanes of at least 4 members (excludes halogenated alkanes) is 5. The van der Waals surface area contributed by atoms with Crippen molar-refractivity contribution in [2.45, 2.75) is 89.4 Å². The number of aliphatic hydroxyl groups is 1. The van der Waals surface area contributed by atoms with E-state index < -0.39 is 15.4 Å². The third kappa shape index (κ3) is 14.4. The second kappa shape index (κ2) is 14.1. The van der Waals surface area contributed by atoms with E-state index in [2.05, 4.69) is 6.92 Å². The van der Waals surface area contributed by atoms with Crippen LogP contribution in [-0.2, 0) is 10.1 Å². The van der Waals surface area contributed by atoms with Crippen molar-refractivity contribution >= 4 is 10.1 Å². The van der Waals surface area contributed by atoms with E-state index >= 15 is 0 Å². The molecule has 0 amide bonds. The van der Waals surface area contributed by atoms with Crippen LogP contribution in [0.15, 0.2) is 0 Å². The Morgan fingerprint density at radius 2 is 1.45 bits per heavy atom. The zero-order valence-electron chi connectivity index (χ0n) is 13.3. The normalized spacial score (nSPS) is 14.6. The van der Waals surface area contributed by atoms with Gasteiger partial charge in [-0.05, 0) is 32.6 Å². The molecule has 4 nitrogen and oxygen atoms in total. The monoisotopic (exact) mass is 332 g/mol. The molecule has 2 atom stereocenters. The minimum atomic E-state index is -4.16. The van der Waals surface area contributed by atoms with Crippen LogP contribution < -0.4 is 51.4 Å². The molecule has 0 aromatic rings. The molecule has 0 fully saturated rings. The molecule has 0 aromatic heterocycles. The maximum atomic E-state index is 10.7. The molecule has 0 radical (unpaired) electrons. The summed E-state index contributed by atoms with van der Waals surface area (Å²) in [5, 5.41) is 8.90. The Balaban J connectivity index is 0. The Bertz CT molecular complexity index is 306. The SMILES string of the molecule is CCCCCCCCC(O)CCCC(C)S(=O)(=O)[O-].[K+]. The average Bonchev–Trinajstić information content (AvgIpc) is 2.32. The van der Waals surface area contributed by atoms with Crippen LogP contribution in [0.2, 0.25) is 0 Å². The second-order valence-corrected chi connectivity index (χ2v) is 7.23. The van der Waals surface area contributed by atoms with Crippen LogP contribution in [-0.4, -0.2) is 29.4 Å². The molecule has 0 heterocycles. The molecule has 6 heteroatoms. The zero-order valence-corrected chi connectivity index (χ0v) is 17.2. The van der Waals surface area contributed by atoms with Gasteiger partial charge in [0.1, 0.15) is 0 Å². The summed E-state index contributed by atoms with van der Waals surface area (Å²) in [5.41, 5.74) is 0. The van der Waals surface area contributed by atoms with E-state index in [1.165, 1.54) is 32.6 Å². The number of aliphatic hydroxyl groups excluding tert-OH is 1. The van der Waals surface area contributed by atoms with Gasteiger partial charge in [0, 0.05) is 5.25 Å². The van der Waals surface area contributed by atoms with Crippen LogP contribution in [0.5, 0.6) is 0 Å². The summed E-state index contributed by atoms with van der Waals surface area (Å²) in [4.78, 5) is 0. The van der Waals surface area contributed by atoms with Crippen molar-refractivity contribution in [3.8, 4) is 0 Å². The van der Waals surface area contributed by atoms with Crippen molar-refractivity contribution in [2.24, 2.45) is 0 Å². The fraction of sp³-hybridized carbons (Fsp3) is 1.00. The molecule has 0 aliphatic rings. The van der Waals surface area contributed by atoms with Gasteiger partial charge >= 0.3 is 51.4 Å². The molecule has 116 valence electrons. The topological polar surface area (TPSA) is 77.4 Å². The van der Waals surface area contributed by atoms with Crippen molar-refractivity contribution in [3.63, 3.8) is 0 Å². The summed E-state index contributed by atoms with van der Waals surface area (Å²) < 4.78 is 32.1. The average molecular weight is 333 g/mol. The van der Waals surface area contributed by atoms with Gasteiger partial charge in [-0.25, -0.2) is 8.42 Å². The third-order valence-corrected chi connectivity index (χ3v) is 4.75. The smallest absolute Gasteiger partial charge is 0.748 e. The predicted octanol–water partition coefficient (Wildman–Crippen LogP) is 0.206. The molecule has 0 aromatic carbocycles. The summed E-state index contributed by atoms with van der Waals surface area (Å²) >= 11 is 0. The van der Waals surface area contributed by atoms with Crippen molar-refractivity contribution in [3.05, 3.63) is 0 Å². The largest absolute Gasteiger partial charge is 1.00 e. The molecule has 0 aliphatic heterocycles. The molecular formula is C14H29KO4S. The Kier molecular flexibility index (Phi) is 16.8.